The van der Waals surface area contributed by atoms with Crippen LogP contribution in [0.2, 0.25) is 0 Å². The van der Waals surface area contributed by atoms with Crippen LogP contribution in [-0.4, -0.2) is 58.8 Å². The zero-order valence-corrected chi connectivity index (χ0v) is 16.7. The highest BCUT2D eigenvalue weighted by molar-refractivity contribution is 5.85. The number of carbonyl (C=O) groups is 1. The molecule has 1 N–H and O–H groups in total. The van der Waals surface area contributed by atoms with Crippen LogP contribution in [0.1, 0.15) is 44.3 Å². The van der Waals surface area contributed by atoms with Crippen molar-refractivity contribution in [2.45, 2.75) is 51.5 Å². The number of methoxy groups -OCH3 is 1. The van der Waals surface area contributed by atoms with Crippen molar-refractivity contribution >= 4 is 22.9 Å². The molecule has 2 aromatic heterocycles. The number of ether oxygens (including phenoxy) is 1. The van der Waals surface area contributed by atoms with Gasteiger partial charge in [0.05, 0.1) is 5.92 Å². The number of aryl methyl sites for hydroxylation is 2. The van der Waals surface area contributed by atoms with Crippen molar-refractivity contribution in [1.29, 1.82) is 0 Å². The van der Waals surface area contributed by atoms with E-state index in [9.17, 15) is 4.79 Å². The molecule has 2 aliphatic rings. The molecule has 4 rings (SSSR count). The number of rotatable bonds is 6. The Morgan fingerprint density at radius 2 is 2.18 bits per heavy atom. The Bertz CT molecular complexity index is 820. The number of imidazole rings is 1. The number of nitrogens with one attached hydrogen (secondary N) is 1. The second-order valence-corrected chi connectivity index (χ2v) is 7.78. The molecule has 1 fully saturated rings. The molecular formula is C20H30N6O2. The normalized spacial score (nSPS) is 20.0. The van der Waals surface area contributed by atoms with Gasteiger partial charge in [0.15, 0.2) is 17.0 Å². The van der Waals surface area contributed by atoms with Crippen molar-refractivity contribution < 1.29 is 9.53 Å². The number of anilines is 1. The first-order valence-corrected chi connectivity index (χ1v) is 10.5. The van der Waals surface area contributed by atoms with Crippen molar-refractivity contribution in [1.82, 2.24) is 24.8 Å². The summed E-state index contributed by atoms with van der Waals surface area (Å²) in [4.78, 5) is 28.8. The molecule has 8 nitrogen and oxygen atoms in total. The molecule has 2 aromatic rings. The van der Waals surface area contributed by atoms with Gasteiger partial charge in [0.2, 0.25) is 5.91 Å². The maximum atomic E-state index is 12.6. The summed E-state index contributed by atoms with van der Waals surface area (Å²) in [7, 11) is 1.68. The average molecular weight is 387 g/mol. The van der Waals surface area contributed by atoms with Crippen LogP contribution >= 0.6 is 0 Å². The Balaban J connectivity index is 1.50. The van der Waals surface area contributed by atoms with Gasteiger partial charge in [0.1, 0.15) is 12.2 Å². The number of hydrogen-bond donors (Lipinski definition) is 1. The number of hydrogen-bond acceptors (Lipinski definition) is 6. The molecule has 2 aliphatic heterocycles. The van der Waals surface area contributed by atoms with E-state index in [1.165, 1.54) is 19.3 Å². The number of piperidine rings is 1. The van der Waals surface area contributed by atoms with Crippen LogP contribution in [0.4, 0.5) is 5.82 Å². The largest absolute Gasteiger partial charge is 0.385 e. The summed E-state index contributed by atoms with van der Waals surface area (Å²) in [5.41, 5.74) is 1.83. The third-order valence-electron chi connectivity index (χ3n) is 5.79. The number of nitrogens with zero attached hydrogens (tertiary/aromatic N) is 5. The maximum absolute atomic E-state index is 12.6. The van der Waals surface area contributed by atoms with E-state index in [0.717, 1.165) is 61.6 Å². The SMILES string of the molecule is COCCCNC(=O)C1CCCN(c2ncnc3c2nc2n3CCCCC2)C1. The van der Waals surface area contributed by atoms with Crippen LogP contribution in [0.5, 0.6) is 0 Å². The van der Waals surface area contributed by atoms with Gasteiger partial charge in [0, 0.05) is 46.3 Å². The Morgan fingerprint density at radius 1 is 1.25 bits per heavy atom. The minimum Gasteiger partial charge on any atom is -0.385 e. The Morgan fingerprint density at radius 3 is 3.07 bits per heavy atom. The number of aromatic nitrogens is 4. The monoisotopic (exact) mass is 386 g/mol. The van der Waals surface area contributed by atoms with E-state index in [-0.39, 0.29) is 11.8 Å². The van der Waals surface area contributed by atoms with Gasteiger partial charge in [-0.3, -0.25) is 4.79 Å². The fourth-order valence-electron chi connectivity index (χ4n) is 4.31. The van der Waals surface area contributed by atoms with E-state index in [0.29, 0.717) is 19.7 Å². The van der Waals surface area contributed by atoms with Gasteiger partial charge in [-0.1, -0.05) is 6.42 Å². The molecule has 152 valence electrons. The molecular weight excluding hydrogens is 356 g/mol. The van der Waals surface area contributed by atoms with Gasteiger partial charge >= 0.3 is 0 Å². The van der Waals surface area contributed by atoms with Crippen LogP contribution in [0.25, 0.3) is 11.2 Å². The molecule has 8 heteroatoms. The van der Waals surface area contributed by atoms with Crippen LogP contribution in [-0.2, 0) is 22.5 Å². The Kier molecular flexibility index (Phi) is 6.04. The standard InChI is InChI=1S/C20H30N6O2/c1-28-12-6-9-21-20(27)15-7-5-10-25(13-15)18-17-19(23-14-22-18)26-11-4-2-3-8-16(26)24-17/h14-15H,2-13H2,1H3,(H,21,27). The molecule has 0 bridgehead atoms. The van der Waals surface area contributed by atoms with E-state index in [1.807, 2.05) is 0 Å². The fraction of sp³-hybridized carbons (Fsp3) is 0.700. The smallest absolute Gasteiger partial charge is 0.224 e. The van der Waals surface area contributed by atoms with Gasteiger partial charge in [-0.15, -0.1) is 0 Å². The van der Waals surface area contributed by atoms with Crippen LogP contribution in [0.15, 0.2) is 6.33 Å². The number of amides is 1. The van der Waals surface area contributed by atoms with Crippen molar-refractivity contribution in [3.8, 4) is 0 Å². The lowest BCUT2D eigenvalue weighted by Crippen LogP contribution is -2.43. The molecule has 4 heterocycles. The van der Waals surface area contributed by atoms with Crippen molar-refractivity contribution in [3.05, 3.63) is 12.2 Å². The van der Waals surface area contributed by atoms with Gasteiger partial charge in [-0.05, 0) is 32.1 Å². The summed E-state index contributed by atoms with van der Waals surface area (Å²) in [5, 5.41) is 3.04. The molecule has 0 aliphatic carbocycles. The third kappa shape index (κ3) is 3.97. The first-order chi connectivity index (χ1) is 13.8. The first-order valence-electron chi connectivity index (χ1n) is 10.5. The first kappa shape index (κ1) is 19.1. The van der Waals surface area contributed by atoms with Crippen LogP contribution in [0.3, 0.4) is 0 Å². The Hall–Kier alpha value is -2.22. The minimum absolute atomic E-state index is 0.0123. The van der Waals surface area contributed by atoms with Crippen molar-refractivity contribution in [2.75, 3.05) is 38.3 Å². The van der Waals surface area contributed by atoms with Crippen molar-refractivity contribution in [2.24, 2.45) is 5.92 Å². The lowest BCUT2D eigenvalue weighted by Gasteiger charge is -2.32. The van der Waals surface area contributed by atoms with Gasteiger partial charge < -0.3 is 19.5 Å². The lowest BCUT2D eigenvalue weighted by molar-refractivity contribution is -0.125. The highest BCUT2D eigenvalue weighted by Crippen LogP contribution is 2.29. The zero-order valence-electron chi connectivity index (χ0n) is 16.7. The molecule has 0 radical (unpaired) electrons. The maximum Gasteiger partial charge on any atom is 0.224 e. The highest BCUT2D eigenvalue weighted by Gasteiger charge is 2.28. The summed E-state index contributed by atoms with van der Waals surface area (Å²) in [6, 6.07) is 0. The van der Waals surface area contributed by atoms with E-state index in [1.54, 1.807) is 13.4 Å². The summed E-state index contributed by atoms with van der Waals surface area (Å²) in [5.74, 6) is 2.12. The predicted molar refractivity (Wildman–Crippen MR) is 107 cm³/mol. The molecule has 0 saturated carbocycles. The van der Waals surface area contributed by atoms with E-state index in [2.05, 4.69) is 24.8 Å². The summed E-state index contributed by atoms with van der Waals surface area (Å²) in [6.45, 7) is 3.90. The Labute approximate surface area is 165 Å². The molecule has 0 spiro atoms. The lowest BCUT2D eigenvalue weighted by atomic mass is 9.97. The fourth-order valence-corrected chi connectivity index (χ4v) is 4.31. The second kappa shape index (κ2) is 8.86. The van der Waals surface area contributed by atoms with Crippen molar-refractivity contribution in [3.63, 3.8) is 0 Å². The summed E-state index contributed by atoms with van der Waals surface area (Å²) >= 11 is 0. The summed E-state index contributed by atoms with van der Waals surface area (Å²) < 4.78 is 7.31. The topological polar surface area (TPSA) is 85.2 Å². The molecule has 0 aromatic carbocycles. The predicted octanol–water partition coefficient (Wildman–Crippen LogP) is 1.92. The minimum atomic E-state index is -0.0123. The summed E-state index contributed by atoms with van der Waals surface area (Å²) in [6.07, 6.45) is 8.99. The second-order valence-electron chi connectivity index (χ2n) is 7.78. The van der Waals surface area contributed by atoms with E-state index >= 15 is 0 Å². The number of carbonyl (C=O) groups excluding carboxylic acids is 1. The zero-order chi connectivity index (χ0) is 19.3. The molecule has 1 unspecified atom stereocenters. The molecule has 28 heavy (non-hydrogen) atoms. The van der Waals surface area contributed by atoms with E-state index in [4.69, 9.17) is 9.72 Å². The third-order valence-corrected chi connectivity index (χ3v) is 5.79. The van der Waals surface area contributed by atoms with Crippen LogP contribution < -0.4 is 10.2 Å². The number of fused-ring (bicyclic) bond motifs is 3. The highest BCUT2D eigenvalue weighted by atomic mass is 16.5. The van der Waals surface area contributed by atoms with Gasteiger partial charge in [0.25, 0.3) is 0 Å². The molecule has 1 saturated heterocycles. The van der Waals surface area contributed by atoms with Gasteiger partial charge in [-0.2, -0.15) is 0 Å². The average Bonchev–Trinajstić information content (AvgIpc) is 2.92. The molecule has 1 amide bonds. The molecule has 1 atom stereocenters. The van der Waals surface area contributed by atoms with Gasteiger partial charge in [-0.25, -0.2) is 15.0 Å². The quantitative estimate of drug-likeness (QED) is 0.764. The van der Waals surface area contributed by atoms with E-state index < -0.39 is 0 Å². The van der Waals surface area contributed by atoms with Crippen LogP contribution in [0, 0.1) is 5.92 Å².